The van der Waals surface area contributed by atoms with Gasteiger partial charge in [-0.3, -0.25) is 14.2 Å². The molecule has 2 aromatic heterocycles. The molecular formula is C24H16Cl2N2O2S. The molecule has 0 unspecified atom stereocenters. The van der Waals surface area contributed by atoms with Crippen LogP contribution in [0.5, 0.6) is 0 Å². The van der Waals surface area contributed by atoms with Crippen molar-refractivity contribution in [2.24, 2.45) is 0 Å². The summed E-state index contributed by atoms with van der Waals surface area (Å²) in [6, 6.07) is 14.7. The first-order valence-corrected chi connectivity index (χ1v) is 11.3. The van der Waals surface area contributed by atoms with E-state index in [0.717, 1.165) is 26.7 Å². The smallest absolute Gasteiger partial charge is 0.197 e. The zero-order valence-electron chi connectivity index (χ0n) is 16.6. The molecule has 31 heavy (non-hydrogen) atoms. The molecule has 0 N–H and O–H groups in total. The standard InChI is InChI=1S/C24H16Cl2N2O2S/c1-12(2)24-27-23-20(31-24)9-14(28(23)13-6-4-3-5-7-13)8-17-21(29)15-10-18(25)19(26)11-16(15)22(17)30/h3-12H,1-2H3. The molecule has 154 valence electrons. The third-order valence-electron chi connectivity index (χ3n) is 5.24. The third kappa shape index (κ3) is 3.24. The fourth-order valence-corrected chi connectivity index (χ4v) is 5.04. The quantitative estimate of drug-likeness (QED) is 0.241. The number of carbonyl (C=O) groups excluding carboxylic acids is 2. The lowest BCUT2D eigenvalue weighted by molar-refractivity contribution is 0.0990. The van der Waals surface area contributed by atoms with Crippen LogP contribution in [0.15, 0.2) is 54.1 Å². The van der Waals surface area contributed by atoms with Gasteiger partial charge in [0.25, 0.3) is 0 Å². The van der Waals surface area contributed by atoms with Gasteiger partial charge in [0.15, 0.2) is 17.2 Å². The third-order valence-corrected chi connectivity index (χ3v) is 7.25. The Bertz CT molecular complexity index is 1370. The lowest BCUT2D eigenvalue weighted by Gasteiger charge is -2.08. The number of rotatable bonds is 3. The molecule has 2 aromatic carbocycles. The van der Waals surface area contributed by atoms with Crippen molar-refractivity contribution in [1.82, 2.24) is 9.55 Å². The minimum atomic E-state index is -0.349. The van der Waals surface area contributed by atoms with Gasteiger partial charge in [0.1, 0.15) is 0 Å². The normalized spacial score (nSPS) is 13.5. The van der Waals surface area contributed by atoms with Crippen molar-refractivity contribution in [3.63, 3.8) is 0 Å². The molecule has 1 aliphatic carbocycles. The van der Waals surface area contributed by atoms with Gasteiger partial charge in [0.05, 0.1) is 31.0 Å². The van der Waals surface area contributed by atoms with Crippen LogP contribution in [-0.2, 0) is 0 Å². The van der Waals surface area contributed by atoms with Gasteiger partial charge in [0.2, 0.25) is 0 Å². The summed E-state index contributed by atoms with van der Waals surface area (Å²) in [7, 11) is 0. The summed E-state index contributed by atoms with van der Waals surface area (Å²) in [6.07, 6.45) is 1.64. The van der Waals surface area contributed by atoms with E-state index in [4.69, 9.17) is 28.2 Å². The second-order valence-electron chi connectivity index (χ2n) is 7.66. The first-order chi connectivity index (χ1) is 14.8. The van der Waals surface area contributed by atoms with Crippen LogP contribution >= 0.6 is 34.5 Å². The van der Waals surface area contributed by atoms with Crippen LogP contribution < -0.4 is 0 Å². The highest BCUT2D eigenvalue weighted by Gasteiger charge is 2.34. The second kappa shape index (κ2) is 7.45. The summed E-state index contributed by atoms with van der Waals surface area (Å²) in [5.74, 6) is -0.387. The number of hydrogen-bond donors (Lipinski definition) is 0. The number of aromatic nitrogens is 2. The van der Waals surface area contributed by atoms with E-state index in [0.29, 0.717) is 5.92 Å². The van der Waals surface area contributed by atoms with E-state index in [9.17, 15) is 9.59 Å². The van der Waals surface area contributed by atoms with E-state index in [1.807, 2.05) is 41.0 Å². The van der Waals surface area contributed by atoms with E-state index in [-0.39, 0.29) is 38.3 Å². The Morgan fingerprint density at radius 3 is 2.16 bits per heavy atom. The molecule has 0 saturated carbocycles. The average molecular weight is 467 g/mol. The van der Waals surface area contributed by atoms with Gasteiger partial charge in [-0.1, -0.05) is 55.2 Å². The van der Waals surface area contributed by atoms with Gasteiger partial charge in [0, 0.05) is 22.7 Å². The molecule has 0 fully saturated rings. The Hall–Kier alpha value is -2.73. The van der Waals surface area contributed by atoms with Crippen LogP contribution in [0.2, 0.25) is 10.0 Å². The average Bonchev–Trinajstić information content (AvgIpc) is 3.36. The van der Waals surface area contributed by atoms with Crippen LogP contribution in [0.4, 0.5) is 0 Å². The number of allylic oxidation sites excluding steroid dienone is 1. The topological polar surface area (TPSA) is 52.0 Å². The molecule has 7 heteroatoms. The number of benzene rings is 2. The van der Waals surface area contributed by atoms with Gasteiger partial charge in [-0.25, -0.2) is 4.98 Å². The molecule has 0 amide bonds. The van der Waals surface area contributed by atoms with Crippen molar-refractivity contribution in [1.29, 1.82) is 0 Å². The van der Waals surface area contributed by atoms with Crippen molar-refractivity contribution >= 4 is 62.5 Å². The van der Waals surface area contributed by atoms with E-state index in [2.05, 4.69) is 13.8 Å². The number of para-hydroxylation sites is 1. The molecule has 0 saturated heterocycles. The SMILES string of the molecule is CC(C)c1nc2c(cc(C=C3C(=O)c4cc(Cl)c(Cl)cc4C3=O)n2-c2ccccc2)s1. The van der Waals surface area contributed by atoms with Crippen LogP contribution in [-0.4, -0.2) is 21.1 Å². The Balaban J connectivity index is 1.71. The lowest BCUT2D eigenvalue weighted by atomic mass is 10.1. The maximum atomic E-state index is 13.0. The summed E-state index contributed by atoms with van der Waals surface area (Å²) in [5.41, 5.74) is 3.10. The van der Waals surface area contributed by atoms with E-state index in [1.54, 1.807) is 17.4 Å². The summed E-state index contributed by atoms with van der Waals surface area (Å²) in [5, 5.41) is 1.54. The predicted octanol–water partition coefficient (Wildman–Crippen LogP) is 6.98. The second-order valence-corrected chi connectivity index (χ2v) is 9.54. The van der Waals surface area contributed by atoms with Gasteiger partial charge < -0.3 is 0 Å². The Morgan fingerprint density at radius 1 is 0.968 bits per heavy atom. The van der Waals surface area contributed by atoms with Crippen molar-refractivity contribution in [3.05, 3.63) is 86.0 Å². The van der Waals surface area contributed by atoms with Crippen LogP contribution in [0, 0.1) is 0 Å². The lowest BCUT2D eigenvalue weighted by Crippen LogP contribution is -2.03. The zero-order chi connectivity index (χ0) is 21.9. The molecule has 0 radical (unpaired) electrons. The number of fused-ring (bicyclic) bond motifs is 2. The maximum Gasteiger partial charge on any atom is 0.197 e. The van der Waals surface area contributed by atoms with Gasteiger partial charge in [-0.15, -0.1) is 11.3 Å². The number of halogens is 2. The minimum Gasteiger partial charge on any atom is -0.294 e. The molecule has 0 spiro atoms. The number of nitrogens with zero attached hydrogens (tertiary/aromatic N) is 2. The molecule has 5 rings (SSSR count). The Kier molecular flexibility index (Phi) is 4.85. The Morgan fingerprint density at radius 2 is 1.58 bits per heavy atom. The fraction of sp³-hybridized carbons (Fsp3) is 0.125. The van der Waals surface area contributed by atoms with Crippen LogP contribution in [0.25, 0.3) is 22.1 Å². The molecule has 0 aliphatic heterocycles. The van der Waals surface area contributed by atoms with E-state index >= 15 is 0 Å². The van der Waals surface area contributed by atoms with E-state index in [1.165, 1.54) is 12.1 Å². The predicted molar refractivity (Wildman–Crippen MR) is 126 cm³/mol. The largest absolute Gasteiger partial charge is 0.294 e. The highest BCUT2D eigenvalue weighted by molar-refractivity contribution is 7.18. The molecule has 0 atom stereocenters. The highest BCUT2D eigenvalue weighted by atomic mass is 35.5. The molecule has 1 aliphatic rings. The molecule has 4 aromatic rings. The van der Waals surface area contributed by atoms with E-state index < -0.39 is 0 Å². The van der Waals surface area contributed by atoms with Crippen LogP contribution in [0.3, 0.4) is 0 Å². The summed E-state index contributed by atoms with van der Waals surface area (Å²) in [6.45, 7) is 4.22. The number of Topliss-reactive ketones (excluding diaryl/α,β-unsaturated/α-hetero) is 2. The molecular weight excluding hydrogens is 451 g/mol. The van der Waals surface area contributed by atoms with Crippen molar-refractivity contribution in [3.8, 4) is 5.69 Å². The van der Waals surface area contributed by atoms with Gasteiger partial charge in [-0.2, -0.15) is 0 Å². The van der Waals surface area contributed by atoms with Crippen LogP contribution in [0.1, 0.15) is 51.2 Å². The summed E-state index contributed by atoms with van der Waals surface area (Å²) < 4.78 is 2.98. The molecule has 2 heterocycles. The monoisotopic (exact) mass is 466 g/mol. The van der Waals surface area contributed by atoms with Crippen molar-refractivity contribution in [2.45, 2.75) is 19.8 Å². The summed E-state index contributed by atoms with van der Waals surface area (Å²) >= 11 is 13.8. The highest BCUT2D eigenvalue weighted by Crippen LogP contribution is 2.36. The summed E-state index contributed by atoms with van der Waals surface area (Å²) in [4.78, 5) is 30.8. The van der Waals surface area contributed by atoms with Crippen molar-refractivity contribution < 1.29 is 9.59 Å². The minimum absolute atomic E-state index is 0.0970. The molecule has 4 nitrogen and oxygen atoms in total. The Labute approximate surface area is 192 Å². The number of carbonyl (C=O) groups is 2. The maximum absolute atomic E-state index is 13.0. The number of ketones is 2. The van der Waals surface area contributed by atoms with Gasteiger partial charge in [-0.05, 0) is 36.4 Å². The van der Waals surface area contributed by atoms with Crippen molar-refractivity contribution in [2.75, 3.05) is 0 Å². The van der Waals surface area contributed by atoms with Gasteiger partial charge >= 0.3 is 0 Å². The first-order valence-electron chi connectivity index (χ1n) is 9.73. The number of thiazole rings is 1. The number of hydrogen-bond acceptors (Lipinski definition) is 4. The fourth-order valence-electron chi connectivity index (χ4n) is 3.71. The zero-order valence-corrected chi connectivity index (χ0v) is 19.0. The molecule has 0 bridgehead atoms. The first kappa shape index (κ1) is 20.2.